The van der Waals surface area contributed by atoms with E-state index in [9.17, 15) is 9.59 Å². The lowest BCUT2D eigenvalue weighted by Crippen LogP contribution is -2.27. The number of carbonyl (C=O) groups is 2. The van der Waals surface area contributed by atoms with Crippen molar-refractivity contribution in [3.63, 3.8) is 0 Å². The number of rotatable bonds is 8. The molecular weight excluding hydrogens is 224 g/mol. The Labute approximate surface area is 102 Å². The van der Waals surface area contributed by atoms with Crippen LogP contribution in [0.1, 0.15) is 40.5 Å². The van der Waals surface area contributed by atoms with E-state index in [1.165, 1.54) is 0 Å². The fourth-order valence-corrected chi connectivity index (χ4v) is 0.971. The van der Waals surface area contributed by atoms with Gasteiger partial charge in [0.1, 0.15) is 0 Å². The van der Waals surface area contributed by atoms with E-state index in [0.29, 0.717) is 26.1 Å². The monoisotopic (exact) mass is 246 g/mol. The molecule has 0 amide bonds. The van der Waals surface area contributed by atoms with Crippen LogP contribution in [0.25, 0.3) is 0 Å². The minimum Gasteiger partial charge on any atom is -0.481 e. The van der Waals surface area contributed by atoms with Crippen molar-refractivity contribution in [1.29, 1.82) is 0 Å². The van der Waals surface area contributed by atoms with Crippen LogP contribution < -0.4 is 0 Å². The van der Waals surface area contributed by atoms with E-state index < -0.39 is 22.8 Å². The molecule has 0 aromatic rings. The molecule has 0 aromatic carbocycles. The van der Waals surface area contributed by atoms with Crippen LogP contribution in [0.2, 0.25) is 0 Å². The topological polar surface area (TPSA) is 83.8 Å². The predicted molar refractivity (Wildman–Crippen MR) is 62.9 cm³/mol. The summed E-state index contributed by atoms with van der Waals surface area (Å²) in [5.74, 6) is -1.71. The Morgan fingerprint density at radius 1 is 0.882 bits per heavy atom. The van der Waals surface area contributed by atoms with Crippen molar-refractivity contribution >= 4 is 11.9 Å². The third-order valence-corrected chi connectivity index (χ3v) is 2.90. The summed E-state index contributed by atoms with van der Waals surface area (Å²) < 4.78 is 5.28. The average molecular weight is 246 g/mol. The Morgan fingerprint density at radius 3 is 1.41 bits per heavy atom. The number of ether oxygens (including phenoxy) is 1. The van der Waals surface area contributed by atoms with Crippen LogP contribution in [0.15, 0.2) is 0 Å². The molecule has 0 aliphatic rings. The van der Waals surface area contributed by atoms with Crippen LogP contribution in [-0.2, 0) is 14.3 Å². The molecule has 0 unspecified atom stereocenters. The first-order valence-corrected chi connectivity index (χ1v) is 5.64. The van der Waals surface area contributed by atoms with Gasteiger partial charge in [-0.1, -0.05) is 0 Å². The normalized spacial score (nSPS) is 12.5. The maximum Gasteiger partial charge on any atom is 0.309 e. The molecule has 0 atom stereocenters. The molecule has 0 rings (SSSR count). The zero-order chi connectivity index (χ0) is 13.7. The van der Waals surface area contributed by atoms with Gasteiger partial charge in [-0.05, 0) is 40.5 Å². The molecule has 5 heteroatoms. The molecule has 0 spiro atoms. The average Bonchev–Trinajstić information content (AvgIpc) is 2.16. The lowest BCUT2D eigenvalue weighted by atomic mass is 9.89. The third kappa shape index (κ3) is 5.68. The van der Waals surface area contributed by atoms with Crippen molar-refractivity contribution in [2.45, 2.75) is 40.5 Å². The van der Waals surface area contributed by atoms with Crippen molar-refractivity contribution < 1.29 is 24.5 Å². The van der Waals surface area contributed by atoms with E-state index in [2.05, 4.69) is 0 Å². The van der Waals surface area contributed by atoms with Gasteiger partial charge in [-0.15, -0.1) is 0 Å². The Morgan fingerprint density at radius 2 is 1.18 bits per heavy atom. The van der Waals surface area contributed by atoms with E-state index in [-0.39, 0.29) is 0 Å². The summed E-state index contributed by atoms with van der Waals surface area (Å²) in [6.45, 7) is 7.21. The molecule has 0 aromatic heterocycles. The summed E-state index contributed by atoms with van der Waals surface area (Å²) in [6, 6.07) is 0. The van der Waals surface area contributed by atoms with E-state index in [1.54, 1.807) is 27.7 Å². The molecular formula is C12H22O5. The molecule has 0 bridgehead atoms. The highest BCUT2D eigenvalue weighted by Crippen LogP contribution is 2.22. The van der Waals surface area contributed by atoms with Gasteiger partial charge >= 0.3 is 11.9 Å². The van der Waals surface area contributed by atoms with E-state index in [1.807, 2.05) is 0 Å². The molecule has 0 aliphatic carbocycles. The number of carboxylic acids is 2. The summed E-state index contributed by atoms with van der Waals surface area (Å²) in [5, 5.41) is 17.7. The van der Waals surface area contributed by atoms with Gasteiger partial charge in [0.15, 0.2) is 0 Å². The number of hydrogen-bond donors (Lipinski definition) is 2. The fourth-order valence-electron chi connectivity index (χ4n) is 0.971. The number of hydrogen-bond acceptors (Lipinski definition) is 3. The predicted octanol–water partition coefficient (Wildman–Crippen LogP) is 2.00. The second kappa shape index (κ2) is 6.00. The summed E-state index contributed by atoms with van der Waals surface area (Å²) in [4.78, 5) is 21.6. The molecule has 0 saturated carbocycles. The lowest BCUT2D eigenvalue weighted by Gasteiger charge is -2.21. The summed E-state index contributed by atoms with van der Waals surface area (Å²) in [6.07, 6.45) is 0.825. The third-order valence-electron chi connectivity index (χ3n) is 2.90. The number of aliphatic carboxylic acids is 2. The quantitative estimate of drug-likeness (QED) is 0.640. The SMILES string of the molecule is CC(C)(CCOCCC(C)(C)C(=O)O)C(=O)O. The van der Waals surface area contributed by atoms with E-state index >= 15 is 0 Å². The summed E-state index contributed by atoms with van der Waals surface area (Å²) in [7, 11) is 0. The zero-order valence-corrected chi connectivity index (χ0v) is 10.9. The second-order valence-corrected chi connectivity index (χ2v) is 5.49. The van der Waals surface area contributed by atoms with Crippen LogP contribution in [-0.4, -0.2) is 35.4 Å². The van der Waals surface area contributed by atoms with Crippen LogP contribution in [0.3, 0.4) is 0 Å². The Balaban J connectivity index is 3.81. The van der Waals surface area contributed by atoms with Crippen molar-refractivity contribution in [1.82, 2.24) is 0 Å². The van der Waals surface area contributed by atoms with Crippen molar-refractivity contribution in [2.75, 3.05) is 13.2 Å². The molecule has 0 radical (unpaired) electrons. The van der Waals surface area contributed by atoms with Crippen LogP contribution >= 0.6 is 0 Å². The van der Waals surface area contributed by atoms with E-state index in [0.717, 1.165) is 0 Å². The summed E-state index contributed by atoms with van der Waals surface area (Å²) in [5.41, 5.74) is -1.61. The lowest BCUT2D eigenvalue weighted by molar-refractivity contribution is -0.148. The van der Waals surface area contributed by atoms with Crippen LogP contribution in [0.5, 0.6) is 0 Å². The van der Waals surface area contributed by atoms with Gasteiger partial charge in [-0.3, -0.25) is 9.59 Å². The Bertz CT molecular complexity index is 253. The fraction of sp³-hybridized carbons (Fsp3) is 0.833. The zero-order valence-electron chi connectivity index (χ0n) is 10.9. The molecule has 0 fully saturated rings. The second-order valence-electron chi connectivity index (χ2n) is 5.49. The molecule has 17 heavy (non-hydrogen) atoms. The summed E-state index contributed by atoms with van der Waals surface area (Å²) >= 11 is 0. The highest BCUT2D eigenvalue weighted by atomic mass is 16.5. The maximum atomic E-state index is 10.8. The van der Waals surface area contributed by atoms with E-state index in [4.69, 9.17) is 14.9 Å². The Kier molecular flexibility index (Phi) is 5.61. The highest BCUT2D eigenvalue weighted by Gasteiger charge is 2.28. The van der Waals surface area contributed by atoms with Crippen molar-refractivity contribution in [3.8, 4) is 0 Å². The van der Waals surface area contributed by atoms with Gasteiger partial charge in [-0.2, -0.15) is 0 Å². The smallest absolute Gasteiger partial charge is 0.309 e. The molecule has 2 N–H and O–H groups in total. The van der Waals surface area contributed by atoms with Gasteiger partial charge in [-0.25, -0.2) is 0 Å². The van der Waals surface area contributed by atoms with Gasteiger partial charge < -0.3 is 14.9 Å². The molecule has 0 heterocycles. The minimum absolute atomic E-state index is 0.328. The van der Waals surface area contributed by atoms with Crippen LogP contribution in [0.4, 0.5) is 0 Å². The minimum atomic E-state index is -0.855. The molecule has 100 valence electrons. The van der Waals surface area contributed by atoms with Crippen molar-refractivity contribution in [3.05, 3.63) is 0 Å². The Hall–Kier alpha value is -1.10. The first-order valence-electron chi connectivity index (χ1n) is 5.64. The first kappa shape index (κ1) is 15.9. The van der Waals surface area contributed by atoms with Gasteiger partial charge in [0.05, 0.1) is 10.8 Å². The van der Waals surface area contributed by atoms with Gasteiger partial charge in [0, 0.05) is 13.2 Å². The molecule has 0 saturated heterocycles. The highest BCUT2D eigenvalue weighted by molar-refractivity contribution is 5.73. The van der Waals surface area contributed by atoms with Gasteiger partial charge in [0.25, 0.3) is 0 Å². The van der Waals surface area contributed by atoms with Crippen molar-refractivity contribution in [2.24, 2.45) is 10.8 Å². The largest absolute Gasteiger partial charge is 0.481 e. The van der Waals surface area contributed by atoms with Crippen LogP contribution in [0, 0.1) is 10.8 Å². The van der Waals surface area contributed by atoms with Gasteiger partial charge in [0.2, 0.25) is 0 Å². The molecule has 0 aliphatic heterocycles. The number of carboxylic acid groups (broad SMARTS) is 2. The standard InChI is InChI=1S/C12H22O5/c1-11(2,9(13)14)5-7-17-8-6-12(3,4)10(15)16/h5-8H2,1-4H3,(H,13,14)(H,15,16). The first-order chi connectivity index (χ1) is 7.59. The maximum absolute atomic E-state index is 10.8. The molecule has 5 nitrogen and oxygen atoms in total.